The Labute approximate surface area is 176 Å². The summed E-state index contributed by atoms with van der Waals surface area (Å²) in [5, 5.41) is 2.99. The minimum absolute atomic E-state index is 0.00604. The van der Waals surface area contributed by atoms with E-state index in [0.717, 1.165) is 11.8 Å². The van der Waals surface area contributed by atoms with Gasteiger partial charge in [-0.05, 0) is 48.7 Å². The van der Waals surface area contributed by atoms with Crippen LogP contribution in [0.5, 0.6) is 0 Å². The smallest absolute Gasteiger partial charge is 0.251 e. The number of carbonyl (C=O) groups is 2. The van der Waals surface area contributed by atoms with Gasteiger partial charge in [-0.15, -0.1) is 0 Å². The van der Waals surface area contributed by atoms with E-state index in [0.29, 0.717) is 37.2 Å². The Morgan fingerprint density at radius 1 is 1.00 bits per heavy atom. The Balaban J connectivity index is 1.47. The molecular weight excluding hydrogens is 402 g/mol. The van der Waals surface area contributed by atoms with Crippen molar-refractivity contribution in [3.63, 3.8) is 0 Å². The van der Waals surface area contributed by atoms with Crippen LogP contribution in [0.3, 0.4) is 0 Å². The predicted octanol–water partition coefficient (Wildman–Crippen LogP) is 2.49. The van der Waals surface area contributed by atoms with Crippen molar-refractivity contribution in [2.45, 2.75) is 18.9 Å². The molecule has 2 N–H and O–H groups in total. The molecule has 0 radical (unpaired) electrons. The van der Waals surface area contributed by atoms with E-state index in [1.54, 1.807) is 41.3 Å². The molecule has 1 saturated heterocycles. The SMILES string of the molecule is CS(=O)(=O)Nc1ccc(C(=O)NC2CCN(C(=O)/C=C/c3ccccc3)CC2)cc1. The number of nitrogens with zero attached hydrogens (tertiary/aromatic N) is 1. The van der Waals surface area contributed by atoms with Crippen molar-refractivity contribution < 1.29 is 18.0 Å². The van der Waals surface area contributed by atoms with Gasteiger partial charge in [-0.1, -0.05) is 30.3 Å². The van der Waals surface area contributed by atoms with E-state index in [9.17, 15) is 18.0 Å². The van der Waals surface area contributed by atoms with Crippen LogP contribution in [0.4, 0.5) is 5.69 Å². The van der Waals surface area contributed by atoms with Crippen molar-refractivity contribution in [3.8, 4) is 0 Å². The molecule has 30 heavy (non-hydrogen) atoms. The first kappa shape index (κ1) is 21.6. The van der Waals surface area contributed by atoms with E-state index in [-0.39, 0.29) is 17.9 Å². The maximum Gasteiger partial charge on any atom is 0.251 e. The normalized spacial score (nSPS) is 15.2. The minimum Gasteiger partial charge on any atom is -0.349 e. The molecule has 1 aliphatic rings. The van der Waals surface area contributed by atoms with Crippen LogP contribution in [0.15, 0.2) is 60.7 Å². The highest BCUT2D eigenvalue weighted by Crippen LogP contribution is 2.14. The van der Waals surface area contributed by atoms with Crippen LogP contribution in [-0.2, 0) is 14.8 Å². The Hall–Kier alpha value is -3.13. The number of carbonyl (C=O) groups excluding carboxylic acids is 2. The second kappa shape index (κ2) is 9.58. The van der Waals surface area contributed by atoms with Crippen LogP contribution >= 0.6 is 0 Å². The third kappa shape index (κ3) is 6.45. The fraction of sp³-hybridized carbons (Fsp3) is 0.273. The average molecular weight is 428 g/mol. The number of nitrogens with one attached hydrogen (secondary N) is 2. The van der Waals surface area contributed by atoms with E-state index in [1.165, 1.54) is 0 Å². The summed E-state index contributed by atoms with van der Waals surface area (Å²) in [5.74, 6) is -0.243. The summed E-state index contributed by atoms with van der Waals surface area (Å²) in [7, 11) is -3.35. The van der Waals surface area contributed by atoms with Crippen molar-refractivity contribution in [2.24, 2.45) is 0 Å². The first-order chi connectivity index (χ1) is 14.3. The molecule has 158 valence electrons. The van der Waals surface area contributed by atoms with Crippen LogP contribution in [0.25, 0.3) is 6.08 Å². The van der Waals surface area contributed by atoms with Gasteiger partial charge in [0.2, 0.25) is 15.9 Å². The molecule has 0 spiro atoms. The fourth-order valence-electron chi connectivity index (χ4n) is 3.25. The monoisotopic (exact) mass is 427 g/mol. The van der Waals surface area contributed by atoms with Crippen LogP contribution in [0.2, 0.25) is 0 Å². The highest BCUT2D eigenvalue weighted by atomic mass is 32.2. The van der Waals surface area contributed by atoms with Gasteiger partial charge >= 0.3 is 0 Å². The van der Waals surface area contributed by atoms with Crippen LogP contribution in [0.1, 0.15) is 28.8 Å². The molecule has 1 heterocycles. The summed E-state index contributed by atoms with van der Waals surface area (Å²) in [5.41, 5.74) is 1.84. The zero-order valence-corrected chi connectivity index (χ0v) is 17.6. The molecule has 8 heteroatoms. The Kier molecular flexibility index (Phi) is 6.89. The molecule has 0 unspecified atom stereocenters. The molecule has 0 aromatic heterocycles. The predicted molar refractivity (Wildman–Crippen MR) is 117 cm³/mol. The molecule has 1 fully saturated rings. The van der Waals surface area contributed by atoms with Gasteiger partial charge in [-0.25, -0.2) is 8.42 Å². The van der Waals surface area contributed by atoms with Gasteiger partial charge in [0.1, 0.15) is 0 Å². The number of likely N-dealkylation sites (tertiary alicyclic amines) is 1. The number of rotatable bonds is 6. The number of benzene rings is 2. The molecule has 0 aliphatic carbocycles. The van der Waals surface area contributed by atoms with E-state index in [4.69, 9.17) is 0 Å². The highest BCUT2D eigenvalue weighted by Gasteiger charge is 2.23. The first-order valence-electron chi connectivity index (χ1n) is 9.71. The highest BCUT2D eigenvalue weighted by molar-refractivity contribution is 7.92. The summed E-state index contributed by atoms with van der Waals surface area (Å²) < 4.78 is 24.9. The molecular formula is C22H25N3O4S. The summed E-state index contributed by atoms with van der Waals surface area (Å²) in [6, 6.07) is 15.9. The van der Waals surface area contributed by atoms with Gasteiger partial charge in [-0.2, -0.15) is 0 Å². The summed E-state index contributed by atoms with van der Waals surface area (Å²) >= 11 is 0. The molecule has 0 atom stereocenters. The second-order valence-electron chi connectivity index (χ2n) is 7.27. The summed E-state index contributed by atoms with van der Waals surface area (Å²) in [6.07, 6.45) is 5.83. The standard InChI is InChI=1S/C22H25N3O4S/c1-30(28,29)24-20-10-8-18(9-11-20)22(27)23-19-13-15-25(16-14-19)21(26)12-7-17-5-3-2-4-6-17/h2-12,19,24H,13-16H2,1H3,(H,23,27)/b12-7+. The van der Waals surface area contributed by atoms with E-state index in [1.807, 2.05) is 30.3 Å². The van der Waals surface area contributed by atoms with Gasteiger partial charge in [-0.3, -0.25) is 14.3 Å². The molecule has 2 aromatic rings. The lowest BCUT2D eigenvalue weighted by molar-refractivity contribution is -0.127. The maximum atomic E-state index is 12.4. The van der Waals surface area contributed by atoms with E-state index in [2.05, 4.69) is 10.0 Å². The Bertz CT molecular complexity index is 1010. The number of hydrogen-bond acceptors (Lipinski definition) is 4. The third-order valence-corrected chi connectivity index (χ3v) is 5.42. The van der Waals surface area contributed by atoms with Gasteiger partial charge in [0, 0.05) is 36.5 Å². The molecule has 7 nitrogen and oxygen atoms in total. The van der Waals surface area contributed by atoms with Gasteiger partial charge in [0.15, 0.2) is 0 Å². The van der Waals surface area contributed by atoms with Crippen molar-refractivity contribution in [2.75, 3.05) is 24.1 Å². The van der Waals surface area contributed by atoms with Crippen molar-refractivity contribution >= 4 is 33.6 Å². The second-order valence-corrected chi connectivity index (χ2v) is 9.02. The zero-order chi connectivity index (χ0) is 21.6. The van der Waals surface area contributed by atoms with Crippen LogP contribution in [-0.4, -0.2) is 50.5 Å². The number of hydrogen-bond donors (Lipinski definition) is 2. The lowest BCUT2D eigenvalue weighted by atomic mass is 10.0. The molecule has 3 rings (SSSR count). The number of sulfonamides is 1. The first-order valence-corrected chi connectivity index (χ1v) is 11.6. The van der Waals surface area contributed by atoms with E-state index < -0.39 is 10.0 Å². The van der Waals surface area contributed by atoms with E-state index >= 15 is 0 Å². The van der Waals surface area contributed by atoms with Gasteiger partial charge < -0.3 is 10.2 Å². The van der Waals surface area contributed by atoms with Crippen molar-refractivity contribution in [1.82, 2.24) is 10.2 Å². The largest absolute Gasteiger partial charge is 0.349 e. The molecule has 0 bridgehead atoms. The topological polar surface area (TPSA) is 95.6 Å². The van der Waals surface area contributed by atoms with Crippen LogP contribution in [0, 0.1) is 0 Å². The lowest BCUT2D eigenvalue weighted by Crippen LogP contribution is -2.46. The summed E-state index contributed by atoms with van der Waals surface area (Å²) in [4.78, 5) is 26.6. The number of anilines is 1. The average Bonchev–Trinajstić information content (AvgIpc) is 2.72. The molecule has 2 amide bonds. The van der Waals surface area contributed by atoms with Gasteiger partial charge in [0.05, 0.1) is 6.26 Å². The number of amides is 2. The third-order valence-electron chi connectivity index (χ3n) is 4.81. The molecule has 2 aromatic carbocycles. The molecule has 1 aliphatic heterocycles. The zero-order valence-electron chi connectivity index (χ0n) is 16.7. The maximum absolute atomic E-state index is 12.4. The lowest BCUT2D eigenvalue weighted by Gasteiger charge is -2.31. The van der Waals surface area contributed by atoms with Gasteiger partial charge in [0.25, 0.3) is 5.91 Å². The fourth-order valence-corrected chi connectivity index (χ4v) is 3.82. The Morgan fingerprint density at radius 3 is 2.23 bits per heavy atom. The van der Waals surface area contributed by atoms with Crippen LogP contribution < -0.4 is 10.0 Å². The molecule has 0 saturated carbocycles. The van der Waals surface area contributed by atoms with Crippen molar-refractivity contribution in [3.05, 3.63) is 71.8 Å². The minimum atomic E-state index is -3.35. The van der Waals surface area contributed by atoms with Crippen molar-refractivity contribution in [1.29, 1.82) is 0 Å². The number of piperidine rings is 1. The summed E-state index contributed by atoms with van der Waals surface area (Å²) in [6.45, 7) is 1.17. The quantitative estimate of drug-likeness (QED) is 0.693. The Morgan fingerprint density at radius 2 is 1.63 bits per heavy atom.